The number of pyridine rings is 1. The van der Waals surface area contributed by atoms with E-state index in [2.05, 4.69) is 37.6 Å². The fourth-order valence-corrected chi connectivity index (χ4v) is 5.07. The first-order valence-corrected chi connectivity index (χ1v) is 12.1. The van der Waals surface area contributed by atoms with Gasteiger partial charge in [0, 0.05) is 28.7 Å². The van der Waals surface area contributed by atoms with E-state index in [9.17, 15) is 9.90 Å². The summed E-state index contributed by atoms with van der Waals surface area (Å²) >= 11 is 3.49. The Bertz CT molecular complexity index is 1380. The molecule has 0 bridgehead atoms. The lowest BCUT2D eigenvalue weighted by atomic mass is 10.1. The van der Waals surface area contributed by atoms with Gasteiger partial charge in [-0.25, -0.2) is 4.98 Å². The van der Waals surface area contributed by atoms with E-state index in [4.69, 9.17) is 9.72 Å². The molecule has 1 saturated carbocycles. The number of aromatic nitrogens is 3. The fourth-order valence-electron chi connectivity index (χ4n) is 4.80. The van der Waals surface area contributed by atoms with Gasteiger partial charge in [0.2, 0.25) is 0 Å². The Morgan fingerprint density at radius 3 is 2.56 bits per heavy atom. The zero-order chi connectivity index (χ0) is 24.0. The zero-order valence-electron chi connectivity index (χ0n) is 19.3. The fraction of sp³-hybridized carbons (Fsp3) is 0.296. The summed E-state index contributed by atoms with van der Waals surface area (Å²) in [4.78, 5) is 21.3. The minimum absolute atomic E-state index is 0.145. The van der Waals surface area contributed by atoms with E-state index in [1.54, 1.807) is 0 Å². The molecule has 0 saturated heterocycles. The van der Waals surface area contributed by atoms with Crippen molar-refractivity contribution in [2.75, 3.05) is 0 Å². The van der Waals surface area contributed by atoms with Crippen molar-refractivity contribution in [3.8, 4) is 5.75 Å². The lowest BCUT2D eigenvalue weighted by Gasteiger charge is -2.12. The average molecular weight is 520 g/mol. The molecule has 2 aromatic carbocycles. The molecule has 0 amide bonds. The lowest BCUT2D eigenvalue weighted by Crippen LogP contribution is -2.07. The van der Waals surface area contributed by atoms with E-state index in [1.807, 2.05) is 69.3 Å². The third-order valence-electron chi connectivity index (χ3n) is 6.71. The largest absolute Gasteiger partial charge is 0.487 e. The summed E-state index contributed by atoms with van der Waals surface area (Å²) in [6.45, 7) is 6.94. The Morgan fingerprint density at radius 1 is 1.12 bits per heavy atom. The molecular weight excluding hydrogens is 494 g/mol. The van der Waals surface area contributed by atoms with Crippen LogP contribution in [0.3, 0.4) is 0 Å². The maximum atomic E-state index is 11.9. The number of halogens is 1. The van der Waals surface area contributed by atoms with E-state index in [0.29, 0.717) is 13.2 Å². The Kier molecular flexibility index (Phi) is 5.68. The molecule has 2 atom stereocenters. The number of benzene rings is 2. The Morgan fingerprint density at radius 2 is 1.88 bits per heavy atom. The number of carboxylic acids is 1. The molecule has 2 heterocycles. The van der Waals surface area contributed by atoms with Crippen molar-refractivity contribution >= 4 is 32.9 Å². The smallest absolute Gasteiger partial charge is 0.307 e. The topological polar surface area (TPSA) is 77.2 Å². The first kappa shape index (κ1) is 22.6. The molecule has 2 unspecified atom stereocenters. The highest BCUT2D eigenvalue weighted by Gasteiger charge is 2.64. The van der Waals surface area contributed by atoms with Crippen LogP contribution in [0, 0.1) is 18.3 Å². The molecule has 2 aromatic heterocycles. The van der Waals surface area contributed by atoms with Gasteiger partial charge in [0.05, 0.1) is 22.6 Å². The van der Waals surface area contributed by atoms with Gasteiger partial charge in [-0.2, -0.15) is 0 Å². The number of rotatable bonds is 7. The van der Waals surface area contributed by atoms with Crippen LogP contribution < -0.4 is 4.74 Å². The summed E-state index contributed by atoms with van der Waals surface area (Å²) in [6, 6.07) is 19.9. The van der Waals surface area contributed by atoms with Crippen molar-refractivity contribution in [2.45, 2.75) is 39.8 Å². The molecule has 174 valence electrons. The standard InChI is InChI=1S/C27H26BrN3O3/c1-16-5-4-6-19(29-16)15-34-20-11-12-21-22(13-20)31(14-17-7-9-18(28)10-8-17)25(30-21)23-24(26(32)33)27(23,2)3/h4-13,23-24H,14-15H2,1-3H3,(H,32,33). The van der Waals surface area contributed by atoms with Crippen LogP contribution in [0.25, 0.3) is 11.0 Å². The molecular formula is C27H26BrN3O3. The minimum atomic E-state index is -0.771. The van der Waals surface area contributed by atoms with E-state index >= 15 is 0 Å². The molecule has 6 nitrogen and oxygen atoms in total. The number of ether oxygens (including phenoxy) is 1. The van der Waals surface area contributed by atoms with Crippen LogP contribution in [-0.4, -0.2) is 25.6 Å². The van der Waals surface area contributed by atoms with Crippen LogP contribution in [-0.2, 0) is 17.9 Å². The van der Waals surface area contributed by atoms with Crippen LogP contribution in [0.2, 0.25) is 0 Å². The van der Waals surface area contributed by atoms with Crippen LogP contribution >= 0.6 is 15.9 Å². The quantitative estimate of drug-likeness (QED) is 0.326. The molecule has 7 heteroatoms. The maximum absolute atomic E-state index is 11.9. The summed E-state index contributed by atoms with van der Waals surface area (Å²) in [5, 5.41) is 9.78. The summed E-state index contributed by atoms with van der Waals surface area (Å²) in [6.07, 6.45) is 0. The van der Waals surface area contributed by atoms with Gasteiger partial charge in [0.1, 0.15) is 18.2 Å². The molecule has 0 spiro atoms. The summed E-state index contributed by atoms with van der Waals surface area (Å²) in [5.74, 6) is 0.175. The average Bonchev–Trinajstić information content (AvgIpc) is 3.21. The molecule has 0 radical (unpaired) electrons. The SMILES string of the molecule is Cc1cccc(COc2ccc3nc(C4C(C(=O)O)C4(C)C)n(Cc4ccc(Br)cc4)c3c2)n1. The number of aliphatic carboxylic acids is 1. The highest BCUT2D eigenvalue weighted by atomic mass is 79.9. The van der Waals surface area contributed by atoms with Gasteiger partial charge in [-0.05, 0) is 54.3 Å². The second kappa shape index (κ2) is 8.55. The van der Waals surface area contributed by atoms with Gasteiger partial charge >= 0.3 is 5.97 Å². The number of carbonyl (C=O) groups is 1. The second-order valence-electron chi connectivity index (χ2n) is 9.51. The summed E-state index contributed by atoms with van der Waals surface area (Å²) in [7, 11) is 0. The molecule has 1 aliphatic rings. The highest BCUT2D eigenvalue weighted by Crippen LogP contribution is 2.64. The van der Waals surface area contributed by atoms with E-state index in [0.717, 1.165) is 44.0 Å². The first-order chi connectivity index (χ1) is 16.2. The van der Waals surface area contributed by atoms with Crippen LogP contribution in [0.1, 0.15) is 42.5 Å². The summed E-state index contributed by atoms with van der Waals surface area (Å²) < 4.78 is 9.22. The van der Waals surface area contributed by atoms with Crippen LogP contribution in [0.5, 0.6) is 5.75 Å². The number of aryl methyl sites for hydroxylation is 1. The van der Waals surface area contributed by atoms with Crippen molar-refractivity contribution < 1.29 is 14.6 Å². The molecule has 0 aliphatic heterocycles. The zero-order valence-corrected chi connectivity index (χ0v) is 20.9. The third kappa shape index (κ3) is 4.20. The molecule has 1 N–H and O–H groups in total. The van der Waals surface area contributed by atoms with Crippen molar-refractivity contribution in [3.63, 3.8) is 0 Å². The van der Waals surface area contributed by atoms with Gasteiger partial charge in [-0.3, -0.25) is 9.78 Å². The van der Waals surface area contributed by atoms with Crippen molar-refractivity contribution in [1.82, 2.24) is 14.5 Å². The van der Waals surface area contributed by atoms with Gasteiger partial charge in [-0.15, -0.1) is 0 Å². The van der Waals surface area contributed by atoms with Crippen molar-refractivity contribution in [1.29, 1.82) is 0 Å². The number of imidazole rings is 1. The van der Waals surface area contributed by atoms with Gasteiger partial charge < -0.3 is 14.4 Å². The predicted molar refractivity (Wildman–Crippen MR) is 134 cm³/mol. The van der Waals surface area contributed by atoms with Crippen molar-refractivity contribution in [3.05, 3.63) is 87.9 Å². The number of nitrogens with zero attached hydrogens (tertiary/aromatic N) is 3. The molecule has 34 heavy (non-hydrogen) atoms. The normalized spacial score (nSPS) is 18.7. The molecule has 4 aromatic rings. The number of carboxylic acid groups (broad SMARTS) is 1. The van der Waals surface area contributed by atoms with E-state index in [1.165, 1.54) is 0 Å². The number of fused-ring (bicyclic) bond motifs is 1. The molecule has 1 aliphatic carbocycles. The van der Waals surface area contributed by atoms with Crippen molar-refractivity contribution in [2.24, 2.45) is 11.3 Å². The van der Waals surface area contributed by atoms with E-state index in [-0.39, 0.29) is 11.3 Å². The Labute approximate surface area is 206 Å². The second-order valence-corrected chi connectivity index (χ2v) is 10.4. The van der Waals surface area contributed by atoms with Gasteiger partial charge in [-0.1, -0.05) is 48.0 Å². The minimum Gasteiger partial charge on any atom is -0.487 e. The summed E-state index contributed by atoms with van der Waals surface area (Å²) in [5.41, 5.74) is 4.35. The Hall–Kier alpha value is -3.19. The third-order valence-corrected chi connectivity index (χ3v) is 7.24. The van der Waals surface area contributed by atoms with Gasteiger partial charge in [0.25, 0.3) is 0 Å². The Balaban J connectivity index is 1.53. The molecule has 5 rings (SSSR count). The monoisotopic (exact) mass is 519 g/mol. The molecule has 1 fully saturated rings. The highest BCUT2D eigenvalue weighted by molar-refractivity contribution is 9.10. The van der Waals surface area contributed by atoms with Crippen LogP contribution in [0.15, 0.2) is 65.1 Å². The first-order valence-electron chi connectivity index (χ1n) is 11.3. The lowest BCUT2D eigenvalue weighted by molar-refractivity contribution is -0.139. The predicted octanol–water partition coefficient (Wildman–Crippen LogP) is 5.95. The van der Waals surface area contributed by atoms with Crippen LogP contribution in [0.4, 0.5) is 0 Å². The number of hydrogen-bond donors (Lipinski definition) is 1. The number of hydrogen-bond acceptors (Lipinski definition) is 4. The van der Waals surface area contributed by atoms with E-state index < -0.39 is 11.9 Å². The maximum Gasteiger partial charge on any atom is 0.307 e. The van der Waals surface area contributed by atoms with Gasteiger partial charge in [0.15, 0.2) is 0 Å².